The van der Waals surface area contributed by atoms with E-state index in [9.17, 15) is 9.18 Å². The molecule has 3 aromatic carbocycles. The normalized spacial score (nSPS) is 11.8. The Morgan fingerprint density at radius 3 is 2.19 bits per heavy atom. The van der Waals surface area contributed by atoms with Gasteiger partial charge in [0.1, 0.15) is 5.82 Å². The quantitative estimate of drug-likeness (QED) is 0.472. The van der Waals surface area contributed by atoms with Crippen molar-refractivity contribution in [3.05, 3.63) is 124 Å². The van der Waals surface area contributed by atoms with Gasteiger partial charge >= 0.3 is 0 Å². The minimum Gasteiger partial charge on any atom is -0.341 e. The number of halogens is 1. The Hall–Kier alpha value is -3.73. The summed E-state index contributed by atoms with van der Waals surface area (Å²) in [4.78, 5) is 13.0. The molecule has 0 saturated carbocycles. The first-order valence-corrected chi connectivity index (χ1v) is 10.2. The van der Waals surface area contributed by atoms with Crippen LogP contribution in [0.1, 0.15) is 44.5 Å². The number of carbonyl (C=O) groups excluding carboxylic acids is 1. The van der Waals surface area contributed by atoms with Gasteiger partial charge < -0.3 is 5.32 Å². The molecule has 4 nitrogen and oxygen atoms in total. The minimum atomic E-state index is -0.372. The van der Waals surface area contributed by atoms with Gasteiger partial charge in [0.05, 0.1) is 18.3 Å². The number of aryl methyl sites for hydroxylation is 2. The summed E-state index contributed by atoms with van der Waals surface area (Å²) in [6.07, 6.45) is 0. The average molecular weight is 413 g/mol. The highest BCUT2D eigenvalue weighted by Crippen LogP contribution is 2.23. The molecule has 1 amide bonds. The number of hydrogen-bond donors (Lipinski definition) is 1. The van der Waals surface area contributed by atoms with Crippen LogP contribution in [0.15, 0.2) is 84.9 Å². The van der Waals surface area contributed by atoms with Crippen LogP contribution in [-0.4, -0.2) is 15.7 Å². The van der Waals surface area contributed by atoms with Crippen LogP contribution in [0, 0.1) is 19.7 Å². The molecule has 1 heterocycles. The molecular formula is C26H24FN3O. The van der Waals surface area contributed by atoms with Gasteiger partial charge in [0.2, 0.25) is 0 Å². The Morgan fingerprint density at radius 2 is 1.58 bits per heavy atom. The largest absolute Gasteiger partial charge is 0.341 e. The van der Waals surface area contributed by atoms with Crippen LogP contribution in [-0.2, 0) is 6.54 Å². The molecule has 1 N–H and O–H groups in total. The molecule has 0 bridgehead atoms. The van der Waals surface area contributed by atoms with Crippen molar-refractivity contribution in [2.24, 2.45) is 0 Å². The molecule has 0 saturated heterocycles. The summed E-state index contributed by atoms with van der Waals surface area (Å²) < 4.78 is 15.4. The maximum absolute atomic E-state index is 13.4. The summed E-state index contributed by atoms with van der Waals surface area (Å²) in [7, 11) is 0. The van der Waals surface area contributed by atoms with Crippen LogP contribution in [0.4, 0.5) is 4.39 Å². The third-order valence-electron chi connectivity index (χ3n) is 5.26. The zero-order valence-electron chi connectivity index (χ0n) is 17.5. The van der Waals surface area contributed by atoms with Crippen molar-refractivity contribution >= 4 is 5.91 Å². The highest BCUT2D eigenvalue weighted by molar-refractivity contribution is 5.94. The second kappa shape index (κ2) is 8.96. The van der Waals surface area contributed by atoms with Gasteiger partial charge in [0.15, 0.2) is 0 Å². The molecule has 156 valence electrons. The van der Waals surface area contributed by atoms with E-state index in [-0.39, 0.29) is 17.8 Å². The molecular weight excluding hydrogens is 389 g/mol. The number of hydrogen-bond acceptors (Lipinski definition) is 2. The van der Waals surface area contributed by atoms with Crippen molar-refractivity contribution in [3.63, 3.8) is 0 Å². The van der Waals surface area contributed by atoms with Crippen molar-refractivity contribution in [1.29, 1.82) is 0 Å². The van der Waals surface area contributed by atoms with E-state index in [1.165, 1.54) is 12.1 Å². The zero-order valence-corrected chi connectivity index (χ0v) is 17.5. The van der Waals surface area contributed by atoms with Gasteiger partial charge in [0.25, 0.3) is 5.91 Å². The molecule has 0 aliphatic heterocycles. The molecule has 31 heavy (non-hydrogen) atoms. The van der Waals surface area contributed by atoms with Crippen LogP contribution in [0.3, 0.4) is 0 Å². The number of rotatable bonds is 6. The average Bonchev–Trinajstić information content (AvgIpc) is 3.10. The van der Waals surface area contributed by atoms with Gasteiger partial charge in [0, 0.05) is 11.3 Å². The van der Waals surface area contributed by atoms with Crippen molar-refractivity contribution in [3.8, 4) is 0 Å². The van der Waals surface area contributed by atoms with E-state index >= 15 is 0 Å². The van der Waals surface area contributed by atoms with E-state index in [4.69, 9.17) is 0 Å². The summed E-state index contributed by atoms with van der Waals surface area (Å²) >= 11 is 0. The summed E-state index contributed by atoms with van der Waals surface area (Å²) in [5.41, 5.74) is 5.48. The molecule has 0 aliphatic carbocycles. The molecule has 0 radical (unpaired) electrons. The lowest BCUT2D eigenvalue weighted by Crippen LogP contribution is -2.29. The number of nitrogens with zero attached hydrogens (tertiary/aromatic N) is 2. The molecule has 5 heteroatoms. The van der Waals surface area contributed by atoms with Crippen molar-refractivity contribution in [1.82, 2.24) is 15.1 Å². The lowest BCUT2D eigenvalue weighted by atomic mass is 9.98. The lowest BCUT2D eigenvalue weighted by Gasteiger charge is -2.20. The highest BCUT2D eigenvalue weighted by atomic mass is 19.1. The van der Waals surface area contributed by atoms with Crippen LogP contribution < -0.4 is 5.32 Å². The highest BCUT2D eigenvalue weighted by Gasteiger charge is 2.18. The Labute approximate surface area is 181 Å². The maximum Gasteiger partial charge on any atom is 0.252 e. The molecule has 1 aromatic heterocycles. The number of amides is 1. The predicted molar refractivity (Wildman–Crippen MR) is 119 cm³/mol. The molecule has 0 aliphatic rings. The summed E-state index contributed by atoms with van der Waals surface area (Å²) in [5, 5.41) is 7.57. The van der Waals surface area contributed by atoms with E-state index in [1.807, 2.05) is 79.2 Å². The summed E-state index contributed by atoms with van der Waals surface area (Å²) in [6.45, 7) is 4.66. The monoisotopic (exact) mass is 413 g/mol. The SMILES string of the molecule is Cc1cc(C)n(Cc2ccc(C(=O)NC(c3ccccc3)c3ccc(F)cc3)cc2)n1. The van der Waals surface area contributed by atoms with E-state index in [1.54, 1.807) is 12.1 Å². The lowest BCUT2D eigenvalue weighted by molar-refractivity contribution is 0.0943. The van der Waals surface area contributed by atoms with Crippen LogP contribution in [0.25, 0.3) is 0 Å². The van der Waals surface area contributed by atoms with E-state index in [2.05, 4.69) is 10.4 Å². The smallest absolute Gasteiger partial charge is 0.252 e. The van der Waals surface area contributed by atoms with Gasteiger partial charge in [-0.3, -0.25) is 9.48 Å². The van der Waals surface area contributed by atoms with Crippen molar-refractivity contribution in [2.75, 3.05) is 0 Å². The van der Waals surface area contributed by atoms with Gasteiger partial charge in [-0.1, -0.05) is 54.6 Å². The minimum absolute atomic E-state index is 0.184. The van der Waals surface area contributed by atoms with Gasteiger partial charge in [-0.25, -0.2) is 4.39 Å². The first-order chi connectivity index (χ1) is 15.0. The molecule has 1 atom stereocenters. The fraction of sp³-hybridized carbons (Fsp3) is 0.154. The van der Waals surface area contributed by atoms with E-state index in [0.29, 0.717) is 12.1 Å². The first-order valence-electron chi connectivity index (χ1n) is 10.2. The number of aromatic nitrogens is 2. The van der Waals surface area contributed by atoms with E-state index < -0.39 is 0 Å². The van der Waals surface area contributed by atoms with Crippen molar-refractivity contribution < 1.29 is 9.18 Å². The zero-order chi connectivity index (χ0) is 21.8. The fourth-order valence-corrected chi connectivity index (χ4v) is 3.64. The number of carbonyl (C=O) groups is 1. The third-order valence-corrected chi connectivity index (χ3v) is 5.26. The first kappa shape index (κ1) is 20.5. The Kier molecular flexibility index (Phi) is 5.94. The summed E-state index contributed by atoms with van der Waals surface area (Å²) in [6, 6.07) is 25.1. The van der Waals surface area contributed by atoms with Gasteiger partial charge in [-0.05, 0) is 60.9 Å². The molecule has 4 rings (SSSR count). The van der Waals surface area contributed by atoms with Crippen molar-refractivity contribution in [2.45, 2.75) is 26.4 Å². The Bertz CT molecular complexity index is 1170. The van der Waals surface area contributed by atoms with Crippen LogP contribution in [0.5, 0.6) is 0 Å². The van der Waals surface area contributed by atoms with Gasteiger partial charge in [-0.2, -0.15) is 5.10 Å². The number of nitrogens with one attached hydrogen (secondary N) is 1. The van der Waals surface area contributed by atoms with E-state index in [0.717, 1.165) is 28.1 Å². The second-order valence-electron chi connectivity index (χ2n) is 7.65. The second-order valence-corrected chi connectivity index (χ2v) is 7.65. The molecule has 0 fully saturated rings. The standard InChI is InChI=1S/C26H24FN3O/c1-18-16-19(2)30(29-18)17-20-8-10-23(11-9-20)26(31)28-25(21-6-4-3-5-7-21)22-12-14-24(27)15-13-22/h3-16,25H,17H2,1-2H3,(H,28,31). The predicted octanol–water partition coefficient (Wildman–Crippen LogP) is 5.21. The van der Waals surface area contributed by atoms with Crippen LogP contribution >= 0.6 is 0 Å². The molecule has 1 unspecified atom stereocenters. The summed E-state index contributed by atoms with van der Waals surface area (Å²) in [5.74, 6) is -0.490. The molecule has 0 spiro atoms. The van der Waals surface area contributed by atoms with Crippen LogP contribution in [0.2, 0.25) is 0 Å². The third kappa shape index (κ3) is 4.89. The number of benzene rings is 3. The Balaban J connectivity index is 1.53. The Morgan fingerprint density at radius 1 is 0.935 bits per heavy atom. The molecule has 4 aromatic rings. The fourth-order valence-electron chi connectivity index (χ4n) is 3.64. The maximum atomic E-state index is 13.4. The van der Waals surface area contributed by atoms with Gasteiger partial charge in [-0.15, -0.1) is 0 Å². The topological polar surface area (TPSA) is 46.9 Å².